The number of amides is 1. The molecule has 132 valence electrons. The van der Waals surface area contributed by atoms with Gasteiger partial charge in [-0.05, 0) is 12.1 Å². The van der Waals surface area contributed by atoms with Gasteiger partial charge in [-0.2, -0.15) is 0 Å². The zero-order valence-corrected chi connectivity index (χ0v) is 13.5. The average molecular weight is 344 g/mol. The summed E-state index contributed by atoms with van der Waals surface area (Å²) in [5, 5.41) is 18.6. The van der Waals surface area contributed by atoms with E-state index in [9.17, 15) is 14.4 Å². The number of hydrogen-bond acceptors (Lipinski definition) is 5. The zero-order valence-electron chi connectivity index (χ0n) is 13.5. The Bertz CT molecular complexity index is 689. The number of benzene rings is 2. The minimum atomic E-state index is -1.18. The van der Waals surface area contributed by atoms with Crippen LogP contribution in [0.5, 0.6) is 0 Å². The van der Waals surface area contributed by atoms with E-state index in [1.807, 2.05) is 24.3 Å². The lowest BCUT2D eigenvalue weighted by molar-refractivity contribution is -0.139. The molecular formula is C18H20N2O5. The molecule has 0 saturated carbocycles. The van der Waals surface area contributed by atoms with Crippen LogP contribution in [0.4, 0.5) is 5.69 Å². The van der Waals surface area contributed by atoms with Gasteiger partial charge in [-0.1, -0.05) is 48.5 Å². The Morgan fingerprint density at radius 1 is 0.960 bits per heavy atom. The van der Waals surface area contributed by atoms with Crippen LogP contribution in [0.1, 0.15) is 16.8 Å². The number of aliphatic hydroxyl groups is 1. The van der Waals surface area contributed by atoms with Gasteiger partial charge in [0.05, 0.1) is 13.0 Å². The number of Topliss-reactive ketones (excluding diaryl/α,β-unsaturated/α-hetero) is 1. The third-order valence-electron chi connectivity index (χ3n) is 2.99. The second kappa shape index (κ2) is 10.7. The summed E-state index contributed by atoms with van der Waals surface area (Å²) in [6, 6.07) is 16.8. The van der Waals surface area contributed by atoms with Gasteiger partial charge >= 0.3 is 5.97 Å². The molecule has 0 aliphatic heterocycles. The number of carboxylic acid groups (broad SMARTS) is 1. The van der Waals surface area contributed by atoms with E-state index in [2.05, 4.69) is 5.32 Å². The number of aliphatic hydroxyl groups excluding tert-OH is 1. The smallest absolute Gasteiger partial charge is 0.322 e. The number of ketones is 1. The maximum atomic E-state index is 11.8. The first-order valence-corrected chi connectivity index (χ1v) is 7.46. The highest BCUT2D eigenvalue weighted by Crippen LogP contribution is 2.07. The fourth-order valence-electron chi connectivity index (χ4n) is 1.68. The van der Waals surface area contributed by atoms with Gasteiger partial charge in [-0.15, -0.1) is 0 Å². The molecule has 1 atom stereocenters. The molecular weight excluding hydrogens is 324 g/mol. The van der Waals surface area contributed by atoms with E-state index in [0.29, 0.717) is 11.3 Å². The van der Waals surface area contributed by atoms with Crippen molar-refractivity contribution in [3.63, 3.8) is 0 Å². The van der Waals surface area contributed by atoms with E-state index in [4.69, 9.17) is 15.9 Å². The van der Waals surface area contributed by atoms with Crippen molar-refractivity contribution in [2.24, 2.45) is 5.73 Å². The predicted octanol–water partition coefficient (Wildman–Crippen LogP) is 1.29. The van der Waals surface area contributed by atoms with Gasteiger partial charge in [0, 0.05) is 11.3 Å². The molecule has 0 saturated heterocycles. The molecule has 0 aliphatic carbocycles. The number of aliphatic carboxylic acids is 1. The molecule has 5 N–H and O–H groups in total. The van der Waals surface area contributed by atoms with E-state index in [0.717, 1.165) is 0 Å². The van der Waals surface area contributed by atoms with E-state index in [1.54, 1.807) is 36.4 Å². The number of carbonyl (C=O) groups is 3. The van der Waals surface area contributed by atoms with Crippen LogP contribution >= 0.6 is 0 Å². The SMILES string of the molecule is N[C@@H](CO)C(=O)O.O=C(CC(=O)c1ccccc1)Nc1ccccc1. The quantitative estimate of drug-likeness (QED) is 0.461. The van der Waals surface area contributed by atoms with Crippen LogP contribution in [-0.4, -0.2) is 40.5 Å². The Morgan fingerprint density at radius 3 is 1.92 bits per heavy atom. The lowest BCUT2D eigenvalue weighted by Gasteiger charge is -2.04. The van der Waals surface area contributed by atoms with Crippen LogP contribution in [0.2, 0.25) is 0 Å². The van der Waals surface area contributed by atoms with Crippen molar-refractivity contribution in [1.82, 2.24) is 0 Å². The van der Waals surface area contributed by atoms with Crippen LogP contribution in [0.25, 0.3) is 0 Å². The first-order chi connectivity index (χ1) is 11.9. The van der Waals surface area contributed by atoms with Crippen molar-refractivity contribution in [1.29, 1.82) is 0 Å². The highest BCUT2D eigenvalue weighted by molar-refractivity contribution is 6.10. The summed E-state index contributed by atoms with van der Waals surface area (Å²) in [5.74, 6) is -1.65. The minimum Gasteiger partial charge on any atom is -0.480 e. The van der Waals surface area contributed by atoms with Gasteiger partial charge in [-0.3, -0.25) is 14.4 Å². The normalized spacial score (nSPS) is 10.8. The highest BCUT2D eigenvalue weighted by atomic mass is 16.4. The molecule has 1 amide bonds. The Hall–Kier alpha value is -3.03. The number of hydrogen-bond donors (Lipinski definition) is 4. The molecule has 2 rings (SSSR count). The lowest BCUT2D eigenvalue weighted by Crippen LogP contribution is -2.33. The fourth-order valence-corrected chi connectivity index (χ4v) is 1.68. The number of nitrogens with two attached hydrogens (primary N) is 1. The topological polar surface area (TPSA) is 130 Å². The number of carbonyl (C=O) groups excluding carboxylic acids is 2. The number of anilines is 1. The Balaban J connectivity index is 0.000000381. The van der Waals surface area contributed by atoms with Crippen LogP contribution in [0.15, 0.2) is 60.7 Å². The van der Waals surface area contributed by atoms with Crippen molar-refractivity contribution in [3.8, 4) is 0 Å². The molecule has 0 aliphatic rings. The van der Waals surface area contributed by atoms with Gasteiger partial charge in [0.1, 0.15) is 6.04 Å². The number of para-hydroxylation sites is 1. The molecule has 0 spiro atoms. The summed E-state index contributed by atoms with van der Waals surface area (Å²) in [7, 11) is 0. The summed E-state index contributed by atoms with van der Waals surface area (Å²) in [6.45, 7) is -0.505. The average Bonchev–Trinajstić information content (AvgIpc) is 2.63. The second-order valence-electron chi connectivity index (χ2n) is 5.01. The number of rotatable bonds is 6. The van der Waals surface area contributed by atoms with Gasteiger partial charge in [0.25, 0.3) is 0 Å². The summed E-state index contributed by atoms with van der Waals surface area (Å²) in [6.07, 6.45) is -0.140. The summed E-state index contributed by atoms with van der Waals surface area (Å²) in [4.78, 5) is 33.1. The van der Waals surface area contributed by atoms with Crippen LogP contribution in [0.3, 0.4) is 0 Å². The first kappa shape index (κ1) is 20.0. The molecule has 7 heteroatoms. The van der Waals surface area contributed by atoms with Gasteiger partial charge in [0.2, 0.25) is 5.91 Å². The summed E-state index contributed by atoms with van der Waals surface area (Å²) < 4.78 is 0. The van der Waals surface area contributed by atoms with Crippen LogP contribution < -0.4 is 11.1 Å². The molecule has 0 fully saturated rings. The van der Waals surface area contributed by atoms with E-state index >= 15 is 0 Å². The van der Waals surface area contributed by atoms with Crippen LogP contribution in [-0.2, 0) is 9.59 Å². The fraction of sp³-hybridized carbons (Fsp3) is 0.167. The third-order valence-corrected chi connectivity index (χ3v) is 2.99. The Labute approximate surface area is 145 Å². The Kier molecular flexibility index (Phi) is 8.56. The van der Waals surface area contributed by atoms with E-state index < -0.39 is 18.6 Å². The van der Waals surface area contributed by atoms with Gasteiger partial charge in [0.15, 0.2) is 5.78 Å². The third kappa shape index (κ3) is 7.87. The molecule has 0 radical (unpaired) electrons. The van der Waals surface area contributed by atoms with Crippen molar-refractivity contribution >= 4 is 23.3 Å². The van der Waals surface area contributed by atoms with Crippen molar-refractivity contribution < 1.29 is 24.6 Å². The zero-order chi connectivity index (χ0) is 18.7. The van der Waals surface area contributed by atoms with E-state index in [-0.39, 0.29) is 18.1 Å². The van der Waals surface area contributed by atoms with Crippen molar-refractivity contribution in [2.45, 2.75) is 12.5 Å². The molecule has 0 aromatic heterocycles. The molecule has 2 aromatic rings. The first-order valence-electron chi connectivity index (χ1n) is 7.46. The molecule has 25 heavy (non-hydrogen) atoms. The standard InChI is InChI=1S/C15H13NO2.C3H7NO3/c17-14(12-7-3-1-4-8-12)11-15(18)16-13-9-5-2-6-10-13;4-2(1-5)3(6)7/h1-10H,11H2,(H,16,18);2,5H,1,4H2,(H,6,7)/t;2-/m.0/s1. The molecule has 0 heterocycles. The predicted molar refractivity (Wildman–Crippen MR) is 93.2 cm³/mol. The summed E-state index contributed by atoms with van der Waals surface area (Å²) >= 11 is 0. The van der Waals surface area contributed by atoms with Crippen LogP contribution in [0, 0.1) is 0 Å². The van der Waals surface area contributed by atoms with Crippen molar-refractivity contribution in [3.05, 3.63) is 66.2 Å². The van der Waals surface area contributed by atoms with E-state index in [1.165, 1.54) is 0 Å². The molecule has 7 nitrogen and oxygen atoms in total. The lowest BCUT2D eigenvalue weighted by atomic mass is 10.1. The monoisotopic (exact) mass is 344 g/mol. The molecule has 0 bridgehead atoms. The maximum Gasteiger partial charge on any atom is 0.322 e. The summed E-state index contributed by atoms with van der Waals surface area (Å²) in [5.41, 5.74) is 6.02. The largest absolute Gasteiger partial charge is 0.480 e. The Morgan fingerprint density at radius 2 is 1.48 bits per heavy atom. The number of nitrogens with one attached hydrogen (secondary N) is 1. The maximum absolute atomic E-state index is 11.8. The highest BCUT2D eigenvalue weighted by Gasteiger charge is 2.11. The number of carboxylic acids is 1. The van der Waals surface area contributed by atoms with Gasteiger partial charge in [-0.25, -0.2) is 0 Å². The molecule has 2 aromatic carbocycles. The van der Waals surface area contributed by atoms with Crippen molar-refractivity contribution in [2.75, 3.05) is 11.9 Å². The molecule has 0 unspecified atom stereocenters. The second-order valence-corrected chi connectivity index (χ2v) is 5.01. The minimum absolute atomic E-state index is 0.140. The van der Waals surface area contributed by atoms with Gasteiger partial charge < -0.3 is 21.3 Å².